The molecule has 0 fully saturated rings. The van der Waals surface area contributed by atoms with Gasteiger partial charge in [-0.1, -0.05) is 12.1 Å². The van der Waals surface area contributed by atoms with Crippen LogP contribution < -0.4 is 10.6 Å². The molecule has 0 aliphatic carbocycles. The van der Waals surface area contributed by atoms with Crippen molar-refractivity contribution in [2.24, 2.45) is 0 Å². The minimum absolute atomic E-state index is 0.912. The van der Waals surface area contributed by atoms with Gasteiger partial charge in [-0.25, -0.2) is 0 Å². The monoisotopic (exact) mass is 242 g/mol. The molecular formula is C15H18N2O. The molecule has 1 aromatic heterocycles. The van der Waals surface area contributed by atoms with Crippen LogP contribution in [-0.4, -0.2) is 13.1 Å². The summed E-state index contributed by atoms with van der Waals surface area (Å²) in [6.45, 7) is 2.93. The lowest BCUT2D eigenvalue weighted by Crippen LogP contribution is -2.16. The lowest BCUT2D eigenvalue weighted by Gasteiger charge is -2.06. The molecule has 0 bridgehead atoms. The molecule has 2 N–H and O–H groups in total. The van der Waals surface area contributed by atoms with E-state index >= 15 is 0 Å². The first-order chi connectivity index (χ1) is 8.92. The van der Waals surface area contributed by atoms with Crippen LogP contribution in [0.2, 0.25) is 0 Å². The largest absolute Gasteiger partial charge is 0.469 e. The van der Waals surface area contributed by atoms with Crippen LogP contribution in [0.4, 0.5) is 5.69 Å². The van der Waals surface area contributed by atoms with Gasteiger partial charge in [-0.3, -0.25) is 0 Å². The molecule has 1 aliphatic heterocycles. The summed E-state index contributed by atoms with van der Waals surface area (Å²) in [5.41, 5.74) is 4.08. The molecule has 0 saturated heterocycles. The number of nitrogens with one attached hydrogen (secondary N) is 2. The third-order valence-corrected chi connectivity index (χ3v) is 3.34. The van der Waals surface area contributed by atoms with Gasteiger partial charge in [0, 0.05) is 31.7 Å². The molecule has 3 rings (SSSR count). The molecular weight excluding hydrogens is 224 g/mol. The average Bonchev–Trinajstić information content (AvgIpc) is 3.05. The van der Waals surface area contributed by atoms with Gasteiger partial charge in [0.05, 0.1) is 6.26 Å². The van der Waals surface area contributed by atoms with Gasteiger partial charge >= 0.3 is 0 Å². The maximum atomic E-state index is 5.30. The smallest absolute Gasteiger partial charge is 0.105 e. The van der Waals surface area contributed by atoms with Gasteiger partial charge in [-0.15, -0.1) is 0 Å². The second kappa shape index (κ2) is 5.27. The maximum Gasteiger partial charge on any atom is 0.105 e. The third-order valence-electron chi connectivity index (χ3n) is 3.34. The molecule has 2 aromatic rings. The minimum atomic E-state index is 0.912. The Bertz CT molecular complexity index is 505. The number of rotatable bonds is 5. The maximum absolute atomic E-state index is 5.30. The van der Waals surface area contributed by atoms with Crippen LogP contribution in [-0.2, 0) is 19.4 Å². The van der Waals surface area contributed by atoms with Crippen molar-refractivity contribution in [3.63, 3.8) is 0 Å². The minimum Gasteiger partial charge on any atom is -0.469 e. The Kier molecular flexibility index (Phi) is 3.33. The highest BCUT2D eigenvalue weighted by molar-refractivity contribution is 5.56. The van der Waals surface area contributed by atoms with Crippen molar-refractivity contribution in [2.75, 3.05) is 18.4 Å². The second-order valence-electron chi connectivity index (χ2n) is 4.67. The fraction of sp³-hybridized carbons (Fsp3) is 0.333. The first-order valence-electron chi connectivity index (χ1n) is 6.50. The number of fused-ring (bicyclic) bond motifs is 1. The Morgan fingerprint density at radius 2 is 2.28 bits per heavy atom. The molecule has 1 aromatic carbocycles. The summed E-state index contributed by atoms with van der Waals surface area (Å²) in [6, 6.07) is 10.6. The van der Waals surface area contributed by atoms with Gasteiger partial charge in [0.15, 0.2) is 0 Å². The molecule has 0 radical (unpaired) electrons. The zero-order chi connectivity index (χ0) is 12.2. The third kappa shape index (κ3) is 2.57. The molecule has 94 valence electrons. The van der Waals surface area contributed by atoms with Gasteiger partial charge in [-0.2, -0.15) is 0 Å². The van der Waals surface area contributed by atoms with Gasteiger partial charge in [0.25, 0.3) is 0 Å². The Labute approximate surface area is 107 Å². The summed E-state index contributed by atoms with van der Waals surface area (Å²) < 4.78 is 5.30. The number of furan rings is 1. The Morgan fingerprint density at radius 1 is 1.28 bits per heavy atom. The number of hydrogen-bond acceptors (Lipinski definition) is 3. The molecule has 18 heavy (non-hydrogen) atoms. The first-order valence-corrected chi connectivity index (χ1v) is 6.50. The van der Waals surface area contributed by atoms with E-state index in [0.29, 0.717) is 0 Å². The first kappa shape index (κ1) is 11.4. The van der Waals surface area contributed by atoms with E-state index < -0.39 is 0 Å². The zero-order valence-corrected chi connectivity index (χ0v) is 10.4. The Morgan fingerprint density at radius 3 is 3.17 bits per heavy atom. The van der Waals surface area contributed by atoms with Crippen molar-refractivity contribution in [1.82, 2.24) is 5.32 Å². The highest BCUT2D eigenvalue weighted by Crippen LogP contribution is 2.22. The highest BCUT2D eigenvalue weighted by Gasteiger charge is 2.09. The van der Waals surface area contributed by atoms with E-state index in [1.807, 2.05) is 12.1 Å². The van der Waals surface area contributed by atoms with Crippen molar-refractivity contribution in [3.8, 4) is 0 Å². The van der Waals surface area contributed by atoms with Gasteiger partial charge < -0.3 is 15.1 Å². The fourth-order valence-corrected chi connectivity index (χ4v) is 2.35. The van der Waals surface area contributed by atoms with E-state index in [0.717, 1.165) is 38.2 Å². The van der Waals surface area contributed by atoms with E-state index in [4.69, 9.17) is 4.42 Å². The van der Waals surface area contributed by atoms with E-state index in [9.17, 15) is 0 Å². The topological polar surface area (TPSA) is 37.2 Å². The quantitative estimate of drug-likeness (QED) is 0.791. The summed E-state index contributed by atoms with van der Waals surface area (Å²) in [5, 5.41) is 6.85. The van der Waals surface area contributed by atoms with Crippen LogP contribution in [0.3, 0.4) is 0 Å². The fourth-order valence-electron chi connectivity index (χ4n) is 2.35. The van der Waals surface area contributed by atoms with Crippen molar-refractivity contribution in [3.05, 3.63) is 53.5 Å². The van der Waals surface area contributed by atoms with Crippen LogP contribution in [0.1, 0.15) is 16.9 Å². The van der Waals surface area contributed by atoms with Crippen molar-refractivity contribution in [2.45, 2.75) is 19.4 Å². The van der Waals surface area contributed by atoms with E-state index in [-0.39, 0.29) is 0 Å². The SMILES string of the molecule is c1coc(CCNCc2ccc3c(c2)NCC3)c1. The summed E-state index contributed by atoms with van der Waals surface area (Å²) in [5.74, 6) is 1.04. The normalized spacial score (nSPS) is 13.3. The van der Waals surface area contributed by atoms with E-state index in [2.05, 4.69) is 28.8 Å². The molecule has 0 spiro atoms. The van der Waals surface area contributed by atoms with E-state index in [1.165, 1.54) is 16.8 Å². The number of benzene rings is 1. The molecule has 2 heterocycles. The predicted molar refractivity (Wildman–Crippen MR) is 72.8 cm³/mol. The second-order valence-corrected chi connectivity index (χ2v) is 4.67. The van der Waals surface area contributed by atoms with Gasteiger partial charge in [0.2, 0.25) is 0 Å². The summed E-state index contributed by atoms with van der Waals surface area (Å²) in [4.78, 5) is 0. The number of anilines is 1. The molecule has 1 aliphatic rings. The predicted octanol–water partition coefficient (Wildman–Crippen LogP) is 2.58. The molecule has 3 nitrogen and oxygen atoms in total. The van der Waals surface area contributed by atoms with Crippen molar-refractivity contribution >= 4 is 5.69 Å². The van der Waals surface area contributed by atoms with E-state index in [1.54, 1.807) is 6.26 Å². The summed E-state index contributed by atoms with van der Waals surface area (Å²) in [6.07, 6.45) is 3.82. The van der Waals surface area contributed by atoms with Crippen LogP contribution in [0, 0.1) is 0 Å². The molecule has 3 heteroatoms. The Hall–Kier alpha value is -1.74. The van der Waals surface area contributed by atoms with Crippen LogP contribution in [0.15, 0.2) is 41.0 Å². The summed E-state index contributed by atoms with van der Waals surface area (Å²) in [7, 11) is 0. The standard InChI is InChI=1S/C15H18N2O/c1-2-14(18-9-1)6-7-16-11-12-3-4-13-5-8-17-15(13)10-12/h1-4,9-10,16-17H,5-8,11H2. The Balaban J connectivity index is 1.48. The molecule has 0 unspecified atom stereocenters. The van der Waals surface area contributed by atoms with Crippen LogP contribution in [0.25, 0.3) is 0 Å². The van der Waals surface area contributed by atoms with Crippen molar-refractivity contribution < 1.29 is 4.42 Å². The summed E-state index contributed by atoms with van der Waals surface area (Å²) >= 11 is 0. The number of hydrogen-bond donors (Lipinski definition) is 2. The molecule has 0 amide bonds. The molecule has 0 atom stereocenters. The van der Waals surface area contributed by atoms with Gasteiger partial charge in [-0.05, 0) is 35.7 Å². The lowest BCUT2D eigenvalue weighted by molar-refractivity contribution is 0.499. The van der Waals surface area contributed by atoms with Crippen molar-refractivity contribution in [1.29, 1.82) is 0 Å². The highest BCUT2D eigenvalue weighted by atomic mass is 16.3. The lowest BCUT2D eigenvalue weighted by atomic mass is 10.1. The van der Waals surface area contributed by atoms with Crippen LogP contribution in [0.5, 0.6) is 0 Å². The zero-order valence-electron chi connectivity index (χ0n) is 10.4. The van der Waals surface area contributed by atoms with Crippen LogP contribution >= 0.6 is 0 Å². The van der Waals surface area contributed by atoms with Gasteiger partial charge in [0.1, 0.15) is 5.76 Å². The average molecular weight is 242 g/mol. The molecule has 0 saturated carbocycles.